The van der Waals surface area contributed by atoms with Crippen LogP contribution < -0.4 is 4.90 Å². The number of hydrogen-bond donors (Lipinski definition) is 0. The van der Waals surface area contributed by atoms with Gasteiger partial charge in [0.05, 0.1) is 16.8 Å². The van der Waals surface area contributed by atoms with Crippen molar-refractivity contribution in [2.75, 3.05) is 11.4 Å². The summed E-state index contributed by atoms with van der Waals surface area (Å²) in [5.74, 6) is 2.96. The van der Waals surface area contributed by atoms with Crippen molar-refractivity contribution in [2.45, 2.75) is 31.8 Å². The van der Waals surface area contributed by atoms with Gasteiger partial charge in [0.1, 0.15) is 5.82 Å². The molecule has 2 aromatic heterocycles. The average molecular weight is 297 g/mol. The fourth-order valence-corrected chi connectivity index (χ4v) is 3.97. The molecule has 2 aliphatic rings. The normalized spacial score (nSPS) is 18.2. The molecule has 5 nitrogen and oxygen atoms in total. The Balaban J connectivity index is 1.48. The number of para-hydroxylation sites is 1. The second-order valence-electron chi connectivity index (χ2n) is 5.79. The van der Waals surface area contributed by atoms with E-state index in [1.165, 1.54) is 23.4 Å². The molecule has 1 aliphatic carbocycles. The second-order valence-corrected chi connectivity index (χ2v) is 6.80. The van der Waals surface area contributed by atoms with Crippen molar-refractivity contribution in [3.63, 3.8) is 0 Å². The number of nitrogens with zero attached hydrogens (tertiary/aromatic N) is 5. The van der Waals surface area contributed by atoms with E-state index in [2.05, 4.69) is 37.9 Å². The molecule has 0 radical (unpaired) electrons. The van der Waals surface area contributed by atoms with E-state index in [0.717, 1.165) is 36.1 Å². The Labute approximate surface area is 126 Å². The molecule has 3 aromatic rings. The molecule has 1 saturated carbocycles. The van der Waals surface area contributed by atoms with E-state index in [-0.39, 0.29) is 0 Å². The SMILES string of the molecule is c1ccc2sc(N3CCn4c(nnc4C4CC4)C3)nc2c1. The van der Waals surface area contributed by atoms with Gasteiger partial charge in [-0.1, -0.05) is 23.5 Å². The van der Waals surface area contributed by atoms with E-state index in [1.54, 1.807) is 11.3 Å². The zero-order chi connectivity index (χ0) is 13.8. The van der Waals surface area contributed by atoms with Crippen molar-refractivity contribution in [3.8, 4) is 0 Å². The van der Waals surface area contributed by atoms with Gasteiger partial charge in [0, 0.05) is 19.0 Å². The summed E-state index contributed by atoms with van der Waals surface area (Å²) in [6, 6.07) is 8.32. The van der Waals surface area contributed by atoms with E-state index in [1.807, 2.05) is 6.07 Å². The molecule has 1 aromatic carbocycles. The molecule has 0 amide bonds. The van der Waals surface area contributed by atoms with Crippen LogP contribution in [0, 0.1) is 0 Å². The van der Waals surface area contributed by atoms with Crippen molar-refractivity contribution in [1.82, 2.24) is 19.7 Å². The summed E-state index contributed by atoms with van der Waals surface area (Å²) in [6.45, 7) is 2.79. The van der Waals surface area contributed by atoms with Crippen molar-refractivity contribution >= 4 is 26.7 Å². The minimum Gasteiger partial charge on any atom is -0.339 e. The smallest absolute Gasteiger partial charge is 0.186 e. The van der Waals surface area contributed by atoms with Crippen LogP contribution in [-0.2, 0) is 13.1 Å². The third-order valence-corrected chi connectivity index (χ3v) is 5.37. The Morgan fingerprint density at radius 2 is 2.00 bits per heavy atom. The van der Waals surface area contributed by atoms with Crippen molar-refractivity contribution in [2.24, 2.45) is 0 Å². The predicted octanol–water partition coefficient (Wildman–Crippen LogP) is 2.79. The number of thiazole rings is 1. The molecule has 0 saturated heterocycles. The molecule has 1 fully saturated rings. The molecule has 3 heterocycles. The number of fused-ring (bicyclic) bond motifs is 2. The van der Waals surface area contributed by atoms with Gasteiger partial charge in [-0.3, -0.25) is 0 Å². The molecule has 1 aliphatic heterocycles. The first-order valence-corrected chi connectivity index (χ1v) is 8.22. The van der Waals surface area contributed by atoms with Crippen LogP contribution in [0.25, 0.3) is 10.2 Å². The lowest BCUT2D eigenvalue weighted by Gasteiger charge is -2.27. The van der Waals surface area contributed by atoms with Crippen LogP contribution in [0.2, 0.25) is 0 Å². The summed E-state index contributed by atoms with van der Waals surface area (Å²) >= 11 is 1.76. The molecule has 21 heavy (non-hydrogen) atoms. The minimum absolute atomic E-state index is 0.667. The van der Waals surface area contributed by atoms with Gasteiger partial charge in [-0.25, -0.2) is 4.98 Å². The standard InChI is InChI=1S/C15H15N5S/c1-2-4-12-11(3-1)16-15(21-12)19-7-8-20-13(9-19)17-18-14(20)10-5-6-10/h1-4,10H,5-9H2. The van der Waals surface area contributed by atoms with E-state index >= 15 is 0 Å². The molecule has 5 rings (SSSR count). The van der Waals surface area contributed by atoms with Gasteiger partial charge in [0.25, 0.3) is 0 Å². The number of hydrogen-bond acceptors (Lipinski definition) is 5. The van der Waals surface area contributed by atoms with Crippen LogP contribution in [-0.4, -0.2) is 26.3 Å². The molecular weight excluding hydrogens is 282 g/mol. The zero-order valence-corrected chi connectivity index (χ0v) is 12.4. The van der Waals surface area contributed by atoms with Crippen molar-refractivity contribution in [3.05, 3.63) is 35.9 Å². The fraction of sp³-hybridized carbons (Fsp3) is 0.400. The van der Waals surface area contributed by atoms with Gasteiger partial charge in [0.2, 0.25) is 0 Å². The Hall–Kier alpha value is -1.95. The summed E-state index contributed by atoms with van der Waals surface area (Å²) in [5, 5.41) is 9.89. The molecule has 0 spiro atoms. The highest BCUT2D eigenvalue weighted by Crippen LogP contribution is 2.40. The highest BCUT2D eigenvalue weighted by atomic mass is 32.1. The van der Waals surface area contributed by atoms with E-state index < -0.39 is 0 Å². The van der Waals surface area contributed by atoms with Gasteiger partial charge in [0.15, 0.2) is 11.0 Å². The van der Waals surface area contributed by atoms with E-state index in [9.17, 15) is 0 Å². The first-order chi connectivity index (χ1) is 10.4. The maximum Gasteiger partial charge on any atom is 0.186 e. The summed E-state index contributed by atoms with van der Waals surface area (Å²) in [5.41, 5.74) is 1.09. The Morgan fingerprint density at radius 3 is 2.86 bits per heavy atom. The second kappa shape index (κ2) is 4.27. The maximum absolute atomic E-state index is 4.75. The van der Waals surface area contributed by atoms with E-state index in [0.29, 0.717) is 5.92 Å². The van der Waals surface area contributed by atoms with Crippen LogP contribution in [0.4, 0.5) is 5.13 Å². The van der Waals surface area contributed by atoms with Crippen LogP contribution in [0.1, 0.15) is 30.4 Å². The van der Waals surface area contributed by atoms with Crippen molar-refractivity contribution < 1.29 is 0 Å². The maximum atomic E-state index is 4.75. The minimum atomic E-state index is 0.667. The highest BCUT2D eigenvalue weighted by Gasteiger charge is 2.32. The fourth-order valence-electron chi connectivity index (χ4n) is 2.98. The summed E-state index contributed by atoms with van der Waals surface area (Å²) < 4.78 is 3.57. The summed E-state index contributed by atoms with van der Waals surface area (Å²) in [7, 11) is 0. The number of rotatable bonds is 2. The molecule has 0 atom stereocenters. The average Bonchev–Trinajstić information content (AvgIpc) is 3.13. The molecular formula is C15H15N5S. The van der Waals surface area contributed by atoms with Gasteiger partial charge in [-0.2, -0.15) is 0 Å². The van der Waals surface area contributed by atoms with Gasteiger partial charge in [-0.05, 0) is 25.0 Å². The van der Waals surface area contributed by atoms with Crippen LogP contribution in [0.3, 0.4) is 0 Å². The van der Waals surface area contributed by atoms with E-state index in [4.69, 9.17) is 4.98 Å². The molecule has 0 N–H and O–H groups in total. The predicted molar refractivity (Wildman–Crippen MR) is 82.7 cm³/mol. The molecule has 6 heteroatoms. The Kier molecular flexibility index (Phi) is 2.38. The van der Waals surface area contributed by atoms with Crippen LogP contribution in [0.5, 0.6) is 0 Å². The van der Waals surface area contributed by atoms with Gasteiger partial charge in [-0.15, -0.1) is 10.2 Å². The lowest BCUT2D eigenvalue weighted by molar-refractivity contribution is 0.543. The topological polar surface area (TPSA) is 46.8 Å². The third kappa shape index (κ3) is 1.86. The Morgan fingerprint density at radius 1 is 1.10 bits per heavy atom. The van der Waals surface area contributed by atoms with Gasteiger partial charge >= 0.3 is 0 Å². The first kappa shape index (κ1) is 11.7. The summed E-state index contributed by atoms with van der Waals surface area (Å²) in [6.07, 6.45) is 2.55. The number of aromatic nitrogens is 4. The summed E-state index contributed by atoms with van der Waals surface area (Å²) in [4.78, 5) is 7.08. The Bertz CT molecular complexity index is 783. The van der Waals surface area contributed by atoms with Crippen LogP contribution in [0.15, 0.2) is 24.3 Å². The lowest BCUT2D eigenvalue weighted by Crippen LogP contribution is -2.34. The number of benzene rings is 1. The number of anilines is 1. The largest absolute Gasteiger partial charge is 0.339 e. The highest BCUT2D eigenvalue weighted by molar-refractivity contribution is 7.22. The molecule has 106 valence electrons. The quantitative estimate of drug-likeness (QED) is 0.730. The molecule has 0 bridgehead atoms. The van der Waals surface area contributed by atoms with Crippen molar-refractivity contribution in [1.29, 1.82) is 0 Å². The van der Waals surface area contributed by atoms with Crippen LogP contribution >= 0.6 is 11.3 Å². The third-order valence-electron chi connectivity index (χ3n) is 4.28. The molecule has 0 unspecified atom stereocenters. The van der Waals surface area contributed by atoms with Gasteiger partial charge < -0.3 is 9.47 Å². The first-order valence-electron chi connectivity index (χ1n) is 7.41. The zero-order valence-electron chi connectivity index (χ0n) is 11.6. The lowest BCUT2D eigenvalue weighted by atomic mass is 10.3. The monoisotopic (exact) mass is 297 g/mol.